The summed E-state index contributed by atoms with van der Waals surface area (Å²) < 4.78 is 11.8. The fraction of sp³-hybridized carbons (Fsp3) is 0.609. The summed E-state index contributed by atoms with van der Waals surface area (Å²) in [6, 6.07) is 0. The van der Waals surface area contributed by atoms with Crippen LogP contribution in [0, 0.1) is 17.8 Å². The van der Waals surface area contributed by atoms with Gasteiger partial charge in [0.2, 0.25) is 10.2 Å². The number of hydrogen-bond donors (Lipinski definition) is 1. The number of thiocarbonyl (C=S) groups is 1. The van der Waals surface area contributed by atoms with Gasteiger partial charge in [-0.25, -0.2) is 0 Å². The predicted molar refractivity (Wildman–Crippen MR) is 124 cm³/mol. The van der Waals surface area contributed by atoms with Gasteiger partial charge >= 0.3 is 0 Å². The molecule has 30 heavy (non-hydrogen) atoms. The maximum atomic E-state index is 13.4. The van der Waals surface area contributed by atoms with E-state index in [9.17, 15) is 14.7 Å². The lowest BCUT2D eigenvalue weighted by atomic mass is 9.65. The molecule has 0 saturated heterocycles. The summed E-state index contributed by atoms with van der Waals surface area (Å²) >= 11 is 6.66. The Morgan fingerprint density at radius 2 is 1.97 bits per heavy atom. The maximum Gasteiger partial charge on any atom is 0.224 e. The van der Waals surface area contributed by atoms with Crippen LogP contribution >= 0.6 is 24.0 Å². The van der Waals surface area contributed by atoms with Gasteiger partial charge in [0.05, 0.1) is 12.7 Å². The molecule has 0 aromatic carbocycles. The zero-order valence-corrected chi connectivity index (χ0v) is 20.4. The first kappa shape index (κ1) is 24.8. The van der Waals surface area contributed by atoms with E-state index in [-0.39, 0.29) is 41.2 Å². The Hall–Kier alpha value is -1.44. The largest absolute Gasteiger partial charge is 0.492 e. The third kappa shape index (κ3) is 5.24. The third-order valence-corrected chi connectivity index (χ3v) is 6.77. The molecular formula is C23H32O5S2. The van der Waals surface area contributed by atoms with E-state index in [0.29, 0.717) is 33.9 Å². The lowest BCUT2D eigenvalue weighted by Crippen LogP contribution is -2.44. The highest BCUT2D eigenvalue weighted by Gasteiger charge is 2.47. The molecule has 0 radical (unpaired) electrons. The second-order valence-corrected chi connectivity index (χ2v) is 10.1. The predicted octanol–water partition coefficient (Wildman–Crippen LogP) is 4.40. The standard InChI is InChI=1S/C23H32O5S2/c1-12(9-8-10-23(4,5)26)16-15(28-22(29)30-7)11-13(2)17-18(16)19(24)14(3)21(27-6)20(17)25/h8,10,12-13,15-16,26H,9,11H2,1-7H3/b10-8+/t12-,13-,15-,16-/m0/s1. The highest BCUT2D eigenvalue weighted by atomic mass is 32.2. The van der Waals surface area contributed by atoms with Gasteiger partial charge < -0.3 is 14.6 Å². The fourth-order valence-electron chi connectivity index (χ4n) is 4.37. The number of methoxy groups -OCH3 is 1. The Balaban J connectivity index is 2.52. The van der Waals surface area contributed by atoms with Crippen molar-refractivity contribution in [2.75, 3.05) is 13.4 Å². The fourth-order valence-corrected chi connectivity index (χ4v) is 4.71. The van der Waals surface area contributed by atoms with Gasteiger partial charge in [-0.2, -0.15) is 0 Å². The van der Waals surface area contributed by atoms with Crippen LogP contribution in [0.2, 0.25) is 0 Å². The average Bonchev–Trinajstić information content (AvgIpc) is 2.64. The lowest BCUT2D eigenvalue weighted by molar-refractivity contribution is -0.120. The summed E-state index contributed by atoms with van der Waals surface area (Å²) in [5.41, 5.74) is 0.506. The second kappa shape index (κ2) is 9.79. The number of carbonyl (C=O) groups is 2. The summed E-state index contributed by atoms with van der Waals surface area (Å²) in [7, 11) is 1.42. The molecule has 166 valence electrons. The number of rotatable bonds is 6. The highest BCUT2D eigenvalue weighted by Crippen LogP contribution is 2.46. The molecule has 2 rings (SSSR count). The van der Waals surface area contributed by atoms with Crippen molar-refractivity contribution < 1.29 is 24.2 Å². The first-order chi connectivity index (χ1) is 13.9. The van der Waals surface area contributed by atoms with Crippen LogP contribution in [0.25, 0.3) is 0 Å². The minimum absolute atomic E-state index is 0.00408. The zero-order chi connectivity index (χ0) is 22.8. The molecule has 0 unspecified atom stereocenters. The van der Waals surface area contributed by atoms with Crippen molar-refractivity contribution in [1.82, 2.24) is 0 Å². The average molecular weight is 453 g/mol. The molecule has 0 fully saturated rings. The minimum atomic E-state index is -0.912. The second-order valence-electron chi connectivity index (χ2n) is 8.69. The molecule has 4 atom stereocenters. The van der Waals surface area contributed by atoms with Crippen LogP contribution in [0.4, 0.5) is 0 Å². The topological polar surface area (TPSA) is 72.8 Å². The van der Waals surface area contributed by atoms with Crippen molar-refractivity contribution in [3.63, 3.8) is 0 Å². The van der Waals surface area contributed by atoms with E-state index in [2.05, 4.69) is 0 Å². The van der Waals surface area contributed by atoms with Gasteiger partial charge in [0.15, 0.2) is 11.5 Å². The van der Waals surface area contributed by atoms with E-state index in [1.165, 1.54) is 18.9 Å². The maximum absolute atomic E-state index is 13.4. The molecule has 2 aliphatic rings. The van der Waals surface area contributed by atoms with Crippen LogP contribution in [0.1, 0.15) is 47.5 Å². The van der Waals surface area contributed by atoms with Gasteiger partial charge in [-0.1, -0.05) is 37.8 Å². The first-order valence-electron chi connectivity index (χ1n) is 10.2. The summed E-state index contributed by atoms with van der Waals surface area (Å²) in [6.07, 6.45) is 6.46. The summed E-state index contributed by atoms with van der Waals surface area (Å²) in [5.74, 6) is -0.633. The van der Waals surface area contributed by atoms with Gasteiger partial charge in [-0.3, -0.25) is 9.59 Å². The molecule has 0 spiro atoms. The van der Waals surface area contributed by atoms with Crippen LogP contribution in [0.15, 0.2) is 34.6 Å². The van der Waals surface area contributed by atoms with Gasteiger partial charge in [0.25, 0.3) is 0 Å². The Morgan fingerprint density at radius 1 is 1.33 bits per heavy atom. The molecular weight excluding hydrogens is 420 g/mol. The van der Waals surface area contributed by atoms with E-state index >= 15 is 0 Å². The number of hydrogen-bond acceptors (Lipinski definition) is 7. The molecule has 7 heteroatoms. The number of aliphatic hydroxyl groups is 1. The lowest BCUT2D eigenvalue weighted by Gasteiger charge is -2.42. The molecule has 0 aliphatic heterocycles. The van der Waals surface area contributed by atoms with Crippen molar-refractivity contribution in [1.29, 1.82) is 0 Å². The minimum Gasteiger partial charge on any atom is -0.492 e. The monoisotopic (exact) mass is 452 g/mol. The molecule has 0 aromatic heterocycles. The van der Waals surface area contributed by atoms with Crippen LogP contribution < -0.4 is 0 Å². The van der Waals surface area contributed by atoms with E-state index in [0.717, 1.165) is 0 Å². The number of Topliss-reactive ketones (excluding diaryl/α,β-unsaturated/α-hetero) is 2. The normalized spacial score (nSPS) is 26.2. The number of ketones is 2. The first-order valence-corrected chi connectivity index (χ1v) is 11.8. The Labute approximate surface area is 189 Å². The van der Waals surface area contributed by atoms with E-state index < -0.39 is 5.60 Å². The van der Waals surface area contributed by atoms with E-state index in [4.69, 9.17) is 21.7 Å². The van der Waals surface area contributed by atoms with Crippen molar-refractivity contribution in [2.24, 2.45) is 17.8 Å². The van der Waals surface area contributed by atoms with Crippen molar-refractivity contribution in [2.45, 2.75) is 59.2 Å². The smallest absolute Gasteiger partial charge is 0.224 e. The molecule has 1 N–H and O–H groups in total. The van der Waals surface area contributed by atoms with Crippen LogP contribution in [-0.4, -0.2) is 46.1 Å². The van der Waals surface area contributed by atoms with E-state index in [1.54, 1.807) is 26.8 Å². The molecule has 0 amide bonds. The highest BCUT2D eigenvalue weighted by molar-refractivity contribution is 8.22. The van der Waals surface area contributed by atoms with Crippen LogP contribution in [-0.2, 0) is 19.1 Å². The molecule has 0 aromatic rings. The van der Waals surface area contributed by atoms with Crippen molar-refractivity contribution >= 4 is 39.9 Å². The van der Waals surface area contributed by atoms with Crippen molar-refractivity contribution in [3.05, 3.63) is 34.6 Å². The summed E-state index contributed by atoms with van der Waals surface area (Å²) in [4.78, 5) is 26.5. The molecule has 2 aliphatic carbocycles. The van der Waals surface area contributed by atoms with Gasteiger partial charge in [-0.05, 0) is 63.9 Å². The quantitative estimate of drug-likeness (QED) is 0.364. The van der Waals surface area contributed by atoms with Crippen LogP contribution in [0.5, 0.6) is 0 Å². The van der Waals surface area contributed by atoms with E-state index in [1.807, 2.05) is 26.2 Å². The van der Waals surface area contributed by atoms with Crippen LogP contribution in [0.3, 0.4) is 0 Å². The molecule has 0 saturated carbocycles. The Morgan fingerprint density at radius 3 is 2.50 bits per heavy atom. The number of allylic oxidation sites excluding steroid dienone is 3. The summed E-state index contributed by atoms with van der Waals surface area (Å²) in [6.45, 7) is 9.05. The zero-order valence-electron chi connectivity index (χ0n) is 18.8. The number of ether oxygens (including phenoxy) is 2. The molecule has 0 heterocycles. The number of thioether (sulfide) groups is 1. The van der Waals surface area contributed by atoms with Crippen molar-refractivity contribution in [3.8, 4) is 0 Å². The molecule has 5 nitrogen and oxygen atoms in total. The Bertz CT molecular complexity index is 816. The van der Waals surface area contributed by atoms with Gasteiger partial charge in [0, 0.05) is 22.6 Å². The van der Waals surface area contributed by atoms with Gasteiger partial charge in [-0.15, -0.1) is 0 Å². The number of carbonyl (C=O) groups excluding carboxylic acids is 2. The van der Waals surface area contributed by atoms with Gasteiger partial charge in [0.1, 0.15) is 6.10 Å². The summed E-state index contributed by atoms with van der Waals surface area (Å²) in [5, 5.41) is 9.97. The SMILES string of the molecule is COC1=C(C)C(=O)C2=C(C1=O)[C@@H](C)C[C@H](OC(=S)SC)[C@@H]2[C@@H](C)C/C=C/C(C)(C)O. The molecule has 0 bridgehead atoms. The third-order valence-electron chi connectivity index (χ3n) is 5.74. The Kier molecular flexibility index (Phi) is 8.10.